The molecule has 0 aliphatic rings. The smallest absolute Gasteiger partial charge is 0.418 e. The van der Waals surface area contributed by atoms with E-state index >= 15 is 0 Å². The predicted octanol–water partition coefficient (Wildman–Crippen LogP) is 5.24. The monoisotopic (exact) mass is 529 g/mol. The van der Waals surface area contributed by atoms with Gasteiger partial charge in [-0.1, -0.05) is 46.3 Å². The van der Waals surface area contributed by atoms with Gasteiger partial charge in [0.2, 0.25) is 5.88 Å². The lowest BCUT2D eigenvalue weighted by Gasteiger charge is -2.18. The normalized spacial score (nSPS) is 11.8. The Labute approximate surface area is 199 Å². The highest BCUT2D eigenvalue weighted by atomic mass is 79.9. The molecule has 0 aliphatic heterocycles. The summed E-state index contributed by atoms with van der Waals surface area (Å²) < 4.78 is 42.2. The van der Waals surface area contributed by atoms with Crippen LogP contribution in [0.3, 0.4) is 0 Å². The third kappa shape index (κ3) is 4.44. The standard InChI is InChI=1S/C24H15BrF3N3O3/c25-15-11-9-14(10-12-15)21(32)30-29-13-18-16-5-1-2-6-17(16)22(33)31(23(18)34)20-8-4-3-7-19(20)24(26,27)28/h1-13,34H,(H,30,32). The molecule has 0 spiro atoms. The second-order valence-corrected chi connectivity index (χ2v) is 8.06. The quantitative estimate of drug-likeness (QED) is 0.280. The van der Waals surface area contributed by atoms with Crippen molar-refractivity contribution >= 4 is 38.8 Å². The topological polar surface area (TPSA) is 83.7 Å². The minimum atomic E-state index is -4.76. The predicted molar refractivity (Wildman–Crippen MR) is 125 cm³/mol. The maximum atomic E-state index is 13.6. The average molecular weight is 530 g/mol. The number of aromatic hydroxyl groups is 1. The number of nitrogens with zero attached hydrogens (tertiary/aromatic N) is 2. The molecule has 3 aromatic carbocycles. The summed E-state index contributed by atoms with van der Waals surface area (Å²) in [4.78, 5) is 25.4. The van der Waals surface area contributed by atoms with E-state index in [2.05, 4.69) is 26.5 Å². The largest absolute Gasteiger partial charge is 0.494 e. The third-order valence-corrected chi connectivity index (χ3v) is 5.55. The first-order chi connectivity index (χ1) is 16.2. The number of rotatable bonds is 4. The molecule has 0 saturated carbocycles. The fraction of sp³-hybridized carbons (Fsp3) is 0.0417. The summed E-state index contributed by atoms with van der Waals surface area (Å²) in [5.74, 6) is -1.29. The number of hydrazone groups is 1. The number of hydrogen-bond acceptors (Lipinski definition) is 4. The van der Waals surface area contributed by atoms with Crippen molar-refractivity contribution in [2.75, 3.05) is 0 Å². The minimum Gasteiger partial charge on any atom is -0.494 e. The van der Waals surface area contributed by atoms with E-state index in [0.29, 0.717) is 10.1 Å². The molecular weight excluding hydrogens is 515 g/mol. The van der Waals surface area contributed by atoms with Crippen LogP contribution in [0.1, 0.15) is 21.5 Å². The van der Waals surface area contributed by atoms with Crippen molar-refractivity contribution in [3.8, 4) is 11.6 Å². The minimum absolute atomic E-state index is 0.0386. The Balaban J connectivity index is 1.84. The molecule has 0 bridgehead atoms. The molecule has 1 amide bonds. The van der Waals surface area contributed by atoms with E-state index < -0.39 is 34.8 Å². The highest BCUT2D eigenvalue weighted by Gasteiger charge is 2.34. The summed E-state index contributed by atoms with van der Waals surface area (Å²) in [6.45, 7) is 0. The van der Waals surface area contributed by atoms with Crippen molar-refractivity contribution in [3.63, 3.8) is 0 Å². The molecule has 0 atom stereocenters. The molecule has 4 rings (SSSR count). The van der Waals surface area contributed by atoms with Gasteiger partial charge < -0.3 is 5.11 Å². The van der Waals surface area contributed by atoms with E-state index in [0.717, 1.165) is 22.8 Å². The van der Waals surface area contributed by atoms with Crippen molar-refractivity contribution in [1.29, 1.82) is 0 Å². The number of halogens is 4. The van der Waals surface area contributed by atoms with Crippen molar-refractivity contribution in [2.45, 2.75) is 6.18 Å². The second kappa shape index (κ2) is 9.14. The lowest BCUT2D eigenvalue weighted by molar-refractivity contribution is -0.137. The molecule has 1 aromatic heterocycles. The number of hydrogen-bond donors (Lipinski definition) is 2. The molecule has 0 fully saturated rings. The zero-order valence-corrected chi connectivity index (χ0v) is 18.8. The van der Waals surface area contributed by atoms with E-state index in [1.165, 1.54) is 24.3 Å². The van der Waals surface area contributed by atoms with Gasteiger partial charge in [-0.2, -0.15) is 18.3 Å². The molecule has 4 aromatic rings. The first-order valence-corrected chi connectivity index (χ1v) is 10.6. The molecular formula is C24H15BrF3N3O3. The van der Waals surface area contributed by atoms with Crippen LogP contribution in [-0.4, -0.2) is 21.8 Å². The van der Waals surface area contributed by atoms with Gasteiger partial charge in [-0.15, -0.1) is 0 Å². The molecule has 0 saturated heterocycles. The first-order valence-electron chi connectivity index (χ1n) is 9.81. The van der Waals surface area contributed by atoms with E-state index in [9.17, 15) is 27.9 Å². The van der Waals surface area contributed by atoms with Crippen LogP contribution in [0.25, 0.3) is 16.5 Å². The summed E-state index contributed by atoms with van der Waals surface area (Å²) in [5.41, 5.74) is 0.132. The van der Waals surface area contributed by atoms with Gasteiger partial charge in [0.15, 0.2) is 0 Å². The number of fused-ring (bicyclic) bond motifs is 1. The summed E-state index contributed by atoms with van der Waals surface area (Å²) in [6, 6.07) is 17.0. The number of nitrogens with one attached hydrogen (secondary N) is 1. The lowest BCUT2D eigenvalue weighted by Crippen LogP contribution is -2.23. The number of aromatic nitrogens is 1. The number of alkyl halides is 3. The number of para-hydroxylation sites is 1. The lowest BCUT2D eigenvalue weighted by atomic mass is 10.1. The molecule has 6 nitrogen and oxygen atoms in total. The molecule has 0 unspecified atom stereocenters. The van der Waals surface area contributed by atoms with Gasteiger partial charge in [-0.25, -0.2) is 9.99 Å². The van der Waals surface area contributed by atoms with Gasteiger partial charge in [-0.05, 0) is 42.5 Å². The maximum absolute atomic E-state index is 13.6. The van der Waals surface area contributed by atoms with Gasteiger partial charge in [0.25, 0.3) is 11.5 Å². The fourth-order valence-corrected chi connectivity index (χ4v) is 3.71. The molecule has 1 heterocycles. The van der Waals surface area contributed by atoms with Crippen molar-refractivity contribution in [1.82, 2.24) is 9.99 Å². The highest BCUT2D eigenvalue weighted by Crippen LogP contribution is 2.35. The van der Waals surface area contributed by atoms with E-state index in [1.807, 2.05) is 0 Å². The van der Waals surface area contributed by atoms with Crippen molar-refractivity contribution < 1.29 is 23.1 Å². The molecule has 10 heteroatoms. The van der Waals surface area contributed by atoms with E-state index in [-0.39, 0.29) is 16.3 Å². The molecule has 2 N–H and O–H groups in total. The molecule has 0 aliphatic carbocycles. The van der Waals surface area contributed by atoms with Crippen LogP contribution >= 0.6 is 15.9 Å². The van der Waals surface area contributed by atoms with Crippen LogP contribution in [0.4, 0.5) is 13.2 Å². The van der Waals surface area contributed by atoms with Crippen LogP contribution < -0.4 is 11.0 Å². The Morgan fingerprint density at radius 2 is 1.59 bits per heavy atom. The summed E-state index contributed by atoms with van der Waals surface area (Å²) in [5, 5.41) is 15.1. The summed E-state index contributed by atoms with van der Waals surface area (Å²) in [6.07, 6.45) is -3.68. The second-order valence-electron chi connectivity index (χ2n) is 7.14. The van der Waals surface area contributed by atoms with E-state index in [4.69, 9.17) is 0 Å². The van der Waals surface area contributed by atoms with Crippen LogP contribution in [0.5, 0.6) is 5.88 Å². The van der Waals surface area contributed by atoms with Gasteiger partial charge in [0.1, 0.15) is 0 Å². The van der Waals surface area contributed by atoms with Gasteiger partial charge in [0.05, 0.1) is 23.0 Å². The Bertz CT molecular complexity index is 1480. The van der Waals surface area contributed by atoms with Crippen molar-refractivity contribution in [3.05, 3.63) is 104 Å². The van der Waals surface area contributed by atoms with Crippen LogP contribution in [0, 0.1) is 0 Å². The summed E-state index contributed by atoms with van der Waals surface area (Å²) in [7, 11) is 0. The summed E-state index contributed by atoms with van der Waals surface area (Å²) >= 11 is 3.27. The molecule has 34 heavy (non-hydrogen) atoms. The molecule has 0 radical (unpaired) electrons. The zero-order valence-electron chi connectivity index (χ0n) is 17.2. The average Bonchev–Trinajstić information content (AvgIpc) is 2.81. The maximum Gasteiger partial charge on any atom is 0.418 e. The Morgan fingerprint density at radius 3 is 2.26 bits per heavy atom. The molecule has 172 valence electrons. The van der Waals surface area contributed by atoms with E-state index in [1.54, 1.807) is 36.4 Å². The highest BCUT2D eigenvalue weighted by molar-refractivity contribution is 9.10. The number of carbonyl (C=O) groups is 1. The van der Waals surface area contributed by atoms with Gasteiger partial charge in [-0.3, -0.25) is 9.59 Å². The van der Waals surface area contributed by atoms with Crippen LogP contribution in [-0.2, 0) is 6.18 Å². The number of carbonyl (C=O) groups excluding carboxylic acids is 1. The van der Waals surface area contributed by atoms with Crippen LogP contribution in [0.2, 0.25) is 0 Å². The number of benzene rings is 3. The van der Waals surface area contributed by atoms with Crippen molar-refractivity contribution in [2.24, 2.45) is 5.10 Å². The SMILES string of the molecule is O=C(NN=Cc1c(O)n(-c2ccccc2C(F)(F)F)c(=O)c2ccccc12)c1ccc(Br)cc1. The third-order valence-electron chi connectivity index (χ3n) is 5.02. The number of pyridine rings is 1. The van der Waals surface area contributed by atoms with Crippen LogP contribution in [0.15, 0.2) is 87.2 Å². The Hall–Kier alpha value is -3.92. The zero-order chi connectivity index (χ0) is 24.5. The first kappa shape index (κ1) is 23.2. The number of amides is 1. The van der Waals surface area contributed by atoms with Gasteiger partial charge in [0, 0.05) is 20.8 Å². The van der Waals surface area contributed by atoms with Gasteiger partial charge >= 0.3 is 6.18 Å². The Morgan fingerprint density at radius 1 is 0.971 bits per heavy atom. The fourth-order valence-electron chi connectivity index (χ4n) is 3.44. The Kier molecular flexibility index (Phi) is 6.25.